The van der Waals surface area contributed by atoms with Crippen molar-refractivity contribution in [1.82, 2.24) is 9.80 Å². The summed E-state index contributed by atoms with van der Waals surface area (Å²) >= 11 is 0. The molecule has 1 aliphatic rings. The number of nitrogens with zero attached hydrogens (tertiary/aromatic N) is 2. The van der Waals surface area contributed by atoms with Crippen LogP contribution in [0.4, 0.5) is 4.79 Å². The molecule has 0 saturated carbocycles. The van der Waals surface area contributed by atoms with Crippen molar-refractivity contribution >= 4 is 6.09 Å². The molecule has 1 fully saturated rings. The summed E-state index contributed by atoms with van der Waals surface area (Å²) in [4.78, 5) is 15.6. The van der Waals surface area contributed by atoms with Gasteiger partial charge in [-0.25, -0.2) is 4.79 Å². The van der Waals surface area contributed by atoms with Crippen molar-refractivity contribution in [1.29, 1.82) is 0 Å². The third-order valence-electron chi connectivity index (χ3n) is 2.67. The average molecular weight is 260 g/mol. The molecule has 0 radical (unpaired) electrons. The average Bonchev–Trinajstić information content (AvgIpc) is 2.29. The zero-order chi connectivity index (χ0) is 13.8. The van der Waals surface area contributed by atoms with Crippen molar-refractivity contribution in [3.8, 4) is 0 Å². The third-order valence-corrected chi connectivity index (χ3v) is 2.67. The number of ether oxygens (including phenoxy) is 3. The van der Waals surface area contributed by atoms with Gasteiger partial charge in [0.1, 0.15) is 5.60 Å². The van der Waals surface area contributed by atoms with E-state index in [1.807, 2.05) is 25.7 Å². The lowest BCUT2D eigenvalue weighted by Crippen LogP contribution is -2.53. The number of carbonyl (C=O) groups excluding carboxylic acids is 1. The van der Waals surface area contributed by atoms with Gasteiger partial charge in [0.05, 0.1) is 0 Å². The molecular weight excluding hydrogens is 236 g/mol. The molecule has 0 bridgehead atoms. The van der Waals surface area contributed by atoms with Crippen LogP contribution in [0, 0.1) is 0 Å². The molecule has 1 saturated heterocycles. The van der Waals surface area contributed by atoms with Gasteiger partial charge in [0.2, 0.25) is 6.41 Å². The van der Waals surface area contributed by atoms with E-state index in [9.17, 15) is 4.79 Å². The molecule has 0 aliphatic carbocycles. The first-order chi connectivity index (χ1) is 8.37. The predicted molar refractivity (Wildman–Crippen MR) is 67.2 cm³/mol. The number of rotatable bonds is 3. The molecule has 1 amide bonds. The Kier molecular flexibility index (Phi) is 5.37. The highest BCUT2D eigenvalue weighted by Crippen LogP contribution is 2.13. The maximum atomic E-state index is 11.9. The van der Waals surface area contributed by atoms with Crippen LogP contribution < -0.4 is 0 Å². The topological polar surface area (TPSA) is 51.2 Å². The summed E-state index contributed by atoms with van der Waals surface area (Å²) in [6.45, 7) is 8.28. The van der Waals surface area contributed by atoms with Crippen LogP contribution in [0.15, 0.2) is 0 Å². The summed E-state index contributed by atoms with van der Waals surface area (Å²) in [5.74, 6) is 0. The first-order valence-corrected chi connectivity index (χ1v) is 6.15. The van der Waals surface area contributed by atoms with Crippen LogP contribution in [0.5, 0.6) is 0 Å². The van der Waals surface area contributed by atoms with E-state index in [1.54, 1.807) is 19.1 Å². The standard InChI is InChI=1S/C12H24N2O4/c1-12(2,3)18-10(15)13-6-8-14(9-7-13)11(16-4)17-5/h11H,6-9H2,1-5H3. The van der Waals surface area contributed by atoms with Gasteiger partial charge in [-0.3, -0.25) is 4.90 Å². The highest BCUT2D eigenvalue weighted by Gasteiger charge is 2.28. The highest BCUT2D eigenvalue weighted by atomic mass is 16.7. The normalized spacial score (nSPS) is 18.2. The van der Waals surface area contributed by atoms with Gasteiger partial charge in [-0.2, -0.15) is 0 Å². The highest BCUT2D eigenvalue weighted by molar-refractivity contribution is 5.68. The van der Waals surface area contributed by atoms with Gasteiger partial charge in [0.15, 0.2) is 0 Å². The van der Waals surface area contributed by atoms with Gasteiger partial charge in [0, 0.05) is 40.4 Å². The summed E-state index contributed by atoms with van der Waals surface area (Å²) in [6.07, 6.45) is -0.598. The Morgan fingerprint density at radius 2 is 1.56 bits per heavy atom. The van der Waals surface area contributed by atoms with Crippen LogP contribution in [0.25, 0.3) is 0 Å². The molecule has 6 nitrogen and oxygen atoms in total. The first kappa shape index (κ1) is 15.2. The Morgan fingerprint density at radius 1 is 1.06 bits per heavy atom. The molecule has 1 heterocycles. The smallest absolute Gasteiger partial charge is 0.410 e. The first-order valence-electron chi connectivity index (χ1n) is 6.15. The third kappa shape index (κ3) is 4.44. The van der Waals surface area contributed by atoms with E-state index in [-0.39, 0.29) is 12.5 Å². The summed E-state index contributed by atoms with van der Waals surface area (Å²) in [7, 11) is 3.21. The molecule has 18 heavy (non-hydrogen) atoms. The van der Waals surface area contributed by atoms with Gasteiger partial charge in [-0.15, -0.1) is 0 Å². The molecular formula is C12H24N2O4. The molecule has 1 rings (SSSR count). The van der Waals surface area contributed by atoms with Gasteiger partial charge in [-0.1, -0.05) is 0 Å². The summed E-state index contributed by atoms with van der Waals surface area (Å²) in [6, 6.07) is 0. The molecule has 6 heteroatoms. The van der Waals surface area contributed by atoms with Gasteiger partial charge < -0.3 is 19.1 Å². The lowest BCUT2D eigenvalue weighted by Gasteiger charge is -2.37. The van der Waals surface area contributed by atoms with Crippen molar-refractivity contribution < 1.29 is 19.0 Å². The lowest BCUT2D eigenvalue weighted by molar-refractivity contribution is -0.202. The fraction of sp³-hybridized carbons (Fsp3) is 0.917. The number of carbonyl (C=O) groups is 1. The van der Waals surface area contributed by atoms with Crippen LogP contribution in [0.2, 0.25) is 0 Å². The fourth-order valence-electron chi connectivity index (χ4n) is 1.84. The Labute approximate surface area is 109 Å². The minimum absolute atomic E-state index is 0.256. The molecule has 106 valence electrons. The van der Waals surface area contributed by atoms with Gasteiger partial charge >= 0.3 is 6.09 Å². The second-order valence-electron chi connectivity index (χ2n) is 5.28. The maximum absolute atomic E-state index is 11.9. The minimum Gasteiger partial charge on any atom is -0.444 e. The fourth-order valence-corrected chi connectivity index (χ4v) is 1.84. The van der Waals surface area contributed by atoms with Gasteiger partial charge in [-0.05, 0) is 20.8 Å². The van der Waals surface area contributed by atoms with Crippen LogP contribution in [-0.4, -0.2) is 68.3 Å². The van der Waals surface area contributed by atoms with Crippen LogP contribution in [0.1, 0.15) is 20.8 Å². The van der Waals surface area contributed by atoms with E-state index in [4.69, 9.17) is 14.2 Å². The van der Waals surface area contributed by atoms with E-state index >= 15 is 0 Å². The molecule has 0 spiro atoms. The molecule has 0 unspecified atom stereocenters. The van der Waals surface area contributed by atoms with Crippen molar-refractivity contribution in [3.05, 3.63) is 0 Å². The van der Waals surface area contributed by atoms with E-state index in [2.05, 4.69) is 0 Å². The van der Waals surface area contributed by atoms with E-state index in [0.717, 1.165) is 0 Å². The van der Waals surface area contributed by atoms with Crippen molar-refractivity contribution in [3.63, 3.8) is 0 Å². The summed E-state index contributed by atoms with van der Waals surface area (Å²) in [5.41, 5.74) is -0.449. The molecule has 0 aromatic rings. The predicted octanol–water partition coefficient (Wildman–Crippen LogP) is 1.12. The lowest BCUT2D eigenvalue weighted by atomic mass is 10.2. The van der Waals surface area contributed by atoms with Crippen LogP contribution in [-0.2, 0) is 14.2 Å². The SMILES string of the molecule is COC(OC)N1CCN(C(=O)OC(C)(C)C)CC1. The monoisotopic (exact) mass is 260 g/mol. The minimum atomic E-state index is -0.449. The van der Waals surface area contributed by atoms with Crippen molar-refractivity contribution in [2.75, 3.05) is 40.4 Å². The largest absolute Gasteiger partial charge is 0.444 e. The second kappa shape index (κ2) is 6.36. The molecule has 0 aromatic heterocycles. The zero-order valence-corrected chi connectivity index (χ0v) is 11.9. The summed E-state index contributed by atoms with van der Waals surface area (Å²) in [5, 5.41) is 0. The molecule has 0 aromatic carbocycles. The Balaban J connectivity index is 2.41. The number of amides is 1. The van der Waals surface area contributed by atoms with E-state index in [0.29, 0.717) is 26.2 Å². The molecule has 1 aliphatic heterocycles. The van der Waals surface area contributed by atoms with E-state index in [1.165, 1.54) is 0 Å². The molecule has 0 N–H and O–H groups in total. The van der Waals surface area contributed by atoms with Crippen molar-refractivity contribution in [2.24, 2.45) is 0 Å². The maximum Gasteiger partial charge on any atom is 0.410 e. The summed E-state index contributed by atoms with van der Waals surface area (Å²) < 4.78 is 15.7. The number of methoxy groups -OCH3 is 2. The van der Waals surface area contributed by atoms with Crippen molar-refractivity contribution in [2.45, 2.75) is 32.8 Å². The Hall–Kier alpha value is -0.850. The zero-order valence-electron chi connectivity index (χ0n) is 11.9. The molecule has 0 atom stereocenters. The van der Waals surface area contributed by atoms with E-state index < -0.39 is 5.60 Å². The Morgan fingerprint density at radius 3 is 1.94 bits per heavy atom. The van der Waals surface area contributed by atoms with Gasteiger partial charge in [0.25, 0.3) is 0 Å². The second-order valence-corrected chi connectivity index (χ2v) is 5.28. The van der Waals surface area contributed by atoms with Crippen LogP contribution in [0.3, 0.4) is 0 Å². The number of piperazine rings is 1. The quantitative estimate of drug-likeness (QED) is 0.712. The number of hydrogen-bond donors (Lipinski definition) is 0. The number of hydrogen-bond acceptors (Lipinski definition) is 5. The van der Waals surface area contributed by atoms with Crippen LogP contribution >= 0.6 is 0 Å². The Bertz CT molecular complexity index is 266.